The van der Waals surface area contributed by atoms with Crippen molar-refractivity contribution in [1.29, 1.82) is 0 Å². The van der Waals surface area contributed by atoms with Crippen LogP contribution in [0.3, 0.4) is 0 Å². The van der Waals surface area contributed by atoms with Gasteiger partial charge < -0.3 is 25.4 Å². The van der Waals surface area contributed by atoms with Crippen molar-refractivity contribution in [2.75, 3.05) is 30.9 Å². The van der Waals surface area contributed by atoms with Crippen molar-refractivity contribution in [3.63, 3.8) is 0 Å². The number of anilines is 2. The van der Waals surface area contributed by atoms with Gasteiger partial charge in [0.1, 0.15) is 5.75 Å². The lowest BCUT2D eigenvalue weighted by molar-refractivity contribution is -0.139. The maximum absolute atomic E-state index is 12.7. The van der Waals surface area contributed by atoms with Crippen molar-refractivity contribution in [1.82, 2.24) is 10.2 Å². The van der Waals surface area contributed by atoms with Gasteiger partial charge in [-0.15, -0.1) is 0 Å². The number of rotatable bonds is 8. The van der Waals surface area contributed by atoms with Gasteiger partial charge in [0, 0.05) is 23.6 Å². The minimum absolute atomic E-state index is 0.232. The highest BCUT2D eigenvalue weighted by Crippen LogP contribution is 2.32. The molecule has 3 rings (SSSR count). The summed E-state index contributed by atoms with van der Waals surface area (Å²) in [6.45, 7) is 6.20. The summed E-state index contributed by atoms with van der Waals surface area (Å²) in [5, 5.41) is 8.42. The molecule has 0 radical (unpaired) electrons. The van der Waals surface area contributed by atoms with Crippen LogP contribution in [0.15, 0.2) is 59.8 Å². The molecule has 0 saturated heterocycles. The van der Waals surface area contributed by atoms with Gasteiger partial charge in [0.25, 0.3) is 0 Å². The highest BCUT2D eigenvalue weighted by Gasteiger charge is 2.36. The molecule has 0 aliphatic carbocycles. The Bertz CT molecular complexity index is 1060. The van der Waals surface area contributed by atoms with Crippen LogP contribution in [-0.4, -0.2) is 43.2 Å². The second-order valence-electron chi connectivity index (χ2n) is 7.68. The van der Waals surface area contributed by atoms with Gasteiger partial charge in [0.05, 0.1) is 25.3 Å². The van der Waals surface area contributed by atoms with Gasteiger partial charge in [-0.2, -0.15) is 0 Å². The van der Waals surface area contributed by atoms with E-state index in [4.69, 9.17) is 9.47 Å². The number of nitrogens with zero attached hydrogens (tertiary/aromatic N) is 1. The Labute approximate surface area is 199 Å². The van der Waals surface area contributed by atoms with Crippen LogP contribution >= 0.6 is 0 Å². The molecule has 0 unspecified atom stereocenters. The van der Waals surface area contributed by atoms with Crippen LogP contribution in [-0.2, 0) is 9.53 Å². The third-order valence-electron chi connectivity index (χ3n) is 5.39. The third kappa shape index (κ3) is 5.67. The lowest BCUT2D eigenvalue weighted by Crippen LogP contribution is -2.48. The van der Waals surface area contributed by atoms with E-state index in [1.165, 1.54) is 0 Å². The van der Waals surface area contributed by atoms with E-state index in [0.29, 0.717) is 40.5 Å². The quantitative estimate of drug-likeness (QED) is 0.491. The molecule has 0 spiro atoms. The molecule has 1 atom stereocenters. The number of amides is 4. The predicted octanol–water partition coefficient (Wildman–Crippen LogP) is 4.65. The van der Waals surface area contributed by atoms with Crippen molar-refractivity contribution < 1.29 is 23.9 Å². The molecule has 0 aromatic heterocycles. The SMILES string of the molecule is CCCN1C(=O)N[C@@H](c2ccc(NC(=O)Nc3ccc(OC)cc3)cc2)C(C(=O)OCC)=C1C. The van der Waals surface area contributed by atoms with Gasteiger partial charge in [-0.1, -0.05) is 19.1 Å². The van der Waals surface area contributed by atoms with Gasteiger partial charge in [-0.05, 0) is 62.2 Å². The standard InChI is InChI=1S/C25H30N4O5/c1-5-15-29-16(3)21(23(30)34-6-2)22(28-25(29)32)17-7-9-18(10-8-17)26-24(31)27-19-11-13-20(33-4)14-12-19/h7-14,22H,5-6,15H2,1-4H3,(H,28,32)(H2,26,27,31)/t22-/m0/s1. The summed E-state index contributed by atoms with van der Waals surface area (Å²) in [7, 11) is 1.57. The first-order valence-electron chi connectivity index (χ1n) is 11.2. The number of hydrogen-bond donors (Lipinski definition) is 3. The van der Waals surface area contributed by atoms with Crippen LogP contribution in [0.25, 0.3) is 0 Å². The highest BCUT2D eigenvalue weighted by atomic mass is 16.5. The molecule has 2 aromatic rings. The number of esters is 1. The number of carbonyl (C=O) groups is 3. The minimum atomic E-state index is -0.651. The van der Waals surface area contributed by atoms with Crippen molar-refractivity contribution in [3.05, 3.63) is 65.4 Å². The Morgan fingerprint density at radius 1 is 1.00 bits per heavy atom. The Hall–Kier alpha value is -4.01. The fraction of sp³-hybridized carbons (Fsp3) is 0.320. The Morgan fingerprint density at radius 2 is 1.59 bits per heavy atom. The van der Waals surface area contributed by atoms with Gasteiger partial charge in [-0.25, -0.2) is 14.4 Å². The molecule has 34 heavy (non-hydrogen) atoms. The van der Waals surface area contributed by atoms with E-state index < -0.39 is 18.0 Å². The molecular weight excluding hydrogens is 436 g/mol. The highest BCUT2D eigenvalue weighted by molar-refractivity contribution is 6.00. The lowest BCUT2D eigenvalue weighted by Gasteiger charge is -2.35. The molecule has 180 valence electrons. The molecule has 3 N–H and O–H groups in total. The number of hydrogen-bond acceptors (Lipinski definition) is 5. The van der Waals surface area contributed by atoms with Crippen molar-refractivity contribution >= 4 is 29.4 Å². The van der Waals surface area contributed by atoms with E-state index in [1.807, 2.05) is 6.92 Å². The van der Waals surface area contributed by atoms with Gasteiger partial charge in [0.15, 0.2) is 0 Å². The summed E-state index contributed by atoms with van der Waals surface area (Å²) < 4.78 is 10.4. The van der Waals surface area contributed by atoms with Gasteiger partial charge in [0.2, 0.25) is 0 Å². The van der Waals surface area contributed by atoms with Crippen molar-refractivity contribution in [2.45, 2.75) is 33.2 Å². The van der Waals surface area contributed by atoms with Crippen molar-refractivity contribution in [3.8, 4) is 5.75 Å². The number of allylic oxidation sites excluding steroid dienone is 1. The first kappa shape index (κ1) is 24.6. The molecule has 1 heterocycles. The predicted molar refractivity (Wildman–Crippen MR) is 130 cm³/mol. The van der Waals surface area contributed by atoms with E-state index in [9.17, 15) is 14.4 Å². The van der Waals surface area contributed by atoms with Gasteiger partial charge >= 0.3 is 18.0 Å². The molecule has 0 saturated carbocycles. The zero-order valence-electron chi connectivity index (χ0n) is 19.8. The minimum Gasteiger partial charge on any atom is -0.497 e. The number of nitrogens with one attached hydrogen (secondary N) is 3. The average molecular weight is 467 g/mol. The second-order valence-corrected chi connectivity index (χ2v) is 7.68. The first-order chi connectivity index (χ1) is 16.4. The zero-order chi connectivity index (χ0) is 24.7. The molecule has 9 nitrogen and oxygen atoms in total. The molecule has 1 aliphatic heterocycles. The number of urea groups is 2. The smallest absolute Gasteiger partial charge is 0.338 e. The third-order valence-corrected chi connectivity index (χ3v) is 5.39. The fourth-order valence-corrected chi connectivity index (χ4v) is 3.72. The van der Waals surface area contributed by atoms with Crippen LogP contribution < -0.4 is 20.7 Å². The van der Waals surface area contributed by atoms with E-state index in [2.05, 4.69) is 16.0 Å². The largest absolute Gasteiger partial charge is 0.497 e. The van der Waals surface area contributed by atoms with E-state index >= 15 is 0 Å². The summed E-state index contributed by atoms with van der Waals surface area (Å²) in [4.78, 5) is 39.3. The Kier molecular flexibility index (Phi) is 8.13. The van der Waals surface area contributed by atoms with E-state index in [1.54, 1.807) is 74.4 Å². The van der Waals surface area contributed by atoms with Crippen LogP contribution in [0, 0.1) is 0 Å². The molecule has 0 bridgehead atoms. The number of benzene rings is 2. The van der Waals surface area contributed by atoms with E-state index in [0.717, 1.165) is 6.42 Å². The zero-order valence-corrected chi connectivity index (χ0v) is 19.8. The Balaban J connectivity index is 1.76. The summed E-state index contributed by atoms with van der Waals surface area (Å²) in [5.41, 5.74) is 2.86. The van der Waals surface area contributed by atoms with Gasteiger partial charge in [-0.3, -0.25) is 4.90 Å². The number of carbonyl (C=O) groups excluding carboxylic acids is 3. The number of methoxy groups -OCH3 is 1. The summed E-state index contributed by atoms with van der Waals surface area (Å²) in [6.07, 6.45) is 0.754. The fourth-order valence-electron chi connectivity index (χ4n) is 3.72. The monoisotopic (exact) mass is 466 g/mol. The van der Waals surface area contributed by atoms with Crippen LogP contribution in [0.2, 0.25) is 0 Å². The first-order valence-corrected chi connectivity index (χ1v) is 11.2. The van der Waals surface area contributed by atoms with E-state index in [-0.39, 0.29) is 12.6 Å². The van der Waals surface area contributed by atoms with Crippen molar-refractivity contribution in [2.24, 2.45) is 0 Å². The van der Waals surface area contributed by atoms with Crippen LogP contribution in [0.1, 0.15) is 38.8 Å². The average Bonchev–Trinajstić information content (AvgIpc) is 2.82. The Morgan fingerprint density at radius 3 is 2.12 bits per heavy atom. The van der Waals surface area contributed by atoms with Crippen LogP contribution in [0.4, 0.5) is 21.0 Å². The molecule has 0 fully saturated rings. The summed E-state index contributed by atoms with van der Waals surface area (Å²) >= 11 is 0. The molecular formula is C25H30N4O5. The second kappa shape index (κ2) is 11.2. The normalized spacial score (nSPS) is 15.5. The molecule has 4 amide bonds. The maximum Gasteiger partial charge on any atom is 0.338 e. The molecule has 1 aliphatic rings. The molecule has 2 aromatic carbocycles. The van der Waals surface area contributed by atoms with Crippen LogP contribution in [0.5, 0.6) is 5.75 Å². The number of ether oxygens (including phenoxy) is 2. The summed E-state index contributed by atoms with van der Waals surface area (Å²) in [6, 6.07) is 12.6. The lowest BCUT2D eigenvalue weighted by atomic mass is 9.94. The maximum atomic E-state index is 12.7. The summed E-state index contributed by atoms with van der Waals surface area (Å²) in [5.74, 6) is 0.229. The molecule has 9 heteroatoms. The topological polar surface area (TPSA) is 109 Å².